The van der Waals surface area contributed by atoms with Crippen LogP contribution in [0.3, 0.4) is 0 Å². The summed E-state index contributed by atoms with van der Waals surface area (Å²) in [4.78, 5) is 6.86. The Labute approximate surface area is 90.6 Å². The van der Waals surface area contributed by atoms with Crippen LogP contribution in [0.4, 0.5) is 0 Å². The summed E-state index contributed by atoms with van der Waals surface area (Å²) < 4.78 is 6.50. The van der Waals surface area contributed by atoms with Crippen LogP contribution in [0.1, 0.15) is 5.69 Å². The molecule has 0 amide bonds. The number of thiazole rings is 1. The number of rotatable bonds is 2. The molecule has 1 aliphatic rings. The number of hydrogen-bond donors (Lipinski definition) is 0. The van der Waals surface area contributed by atoms with Crippen molar-refractivity contribution in [1.82, 2.24) is 9.88 Å². The number of hydrogen-bond acceptors (Lipinski definition) is 4. The van der Waals surface area contributed by atoms with Gasteiger partial charge in [-0.15, -0.1) is 0 Å². The summed E-state index contributed by atoms with van der Waals surface area (Å²) in [6.45, 7) is 4.81. The van der Waals surface area contributed by atoms with E-state index in [0.717, 1.165) is 32.8 Å². The zero-order chi connectivity index (χ0) is 9.10. The second-order valence-electron chi connectivity index (χ2n) is 3.07. The molecular formula is C8H13AsN2OS. The molecule has 1 fully saturated rings. The zero-order valence-electron chi connectivity index (χ0n) is 7.40. The fourth-order valence-corrected chi connectivity index (χ4v) is 2.71. The molecule has 13 heavy (non-hydrogen) atoms. The van der Waals surface area contributed by atoms with Crippen molar-refractivity contribution in [3.8, 4) is 0 Å². The van der Waals surface area contributed by atoms with E-state index in [9.17, 15) is 0 Å². The van der Waals surface area contributed by atoms with Crippen molar-refractivity contribution in [3.05, 3.63) is 11.1 Å². The second kappa shape index (κ2) is 4.56. The van der Waals surface area contributed by atoms with E-state index < -0.39 is 0 Å². The van der Waals surface area contributed by atoms with Gasteiger partial charge in [0, 0.05) is 0 Å². The molecule has 3 nitrogen and oxygen atoms in total. The van der Waals surface area contributed by atoms with E-state index in [1.807, 2.05) is 0 Å². The quantitative estimate of drug-likeness (QED) is 0.653. The molecule has 1 aromatic heterocycles. The van der Waals surface area contributed by atoms with Gasteiger partial charge in [-0.2, -0.15) is 0 Å². The van der Waals surface area contributed by atoms with E-state index in [0.29, 0.717) is 0 Å². The normalized spacial score (nSPS) is 19.2. The summed E-state index contributed by atoms with van der Waals surface area (Å²) in [5.41, 5.74) is 1.21. The van der Waals surface area contributed by atoms with Gasteiger partial charge in [-0.05, 0) is 0 Å². The van der Waals surface area contributed by atoms with Crippen molar-refractivity contribution in [2.75, 3.05) is 26.3 Å². The Morgan fingerprint density at radius 2 is 2.31 bits per heavy atom. The third-order valence-corrected chi connectivity index (χ3v) is 3.91. The van der Waals surface area contributed by atoms with Gasteiger partial charge in [0.25, 0.3) is 0 Å². The minimum absolute atomic E-state index is 0.868. The van der Waals surface area contributed by atoms with Crippen molar-refractivity contribution in [1.29, 1.82) is 0 Å². The summed E-state index contributed by atoms with van der Waals surface area (Å²) in [5.74, 6) is 0. The fraction of sp³-hybridized carbons (Fsp3) is 0.625. The molecule has 0 spiro atoms. The van der Waals surface area contributed by atoms with Crippen LogP contribution in [0.25, 0.3) is 0 Å². The Morgan fingerprint density at radius 1 is 1.54 bits per heavy atom. The van der Waals surface area contributed by atoms with Crippen LogP contribution in [-0.2, 0) is 11.3 Å². The van der Waals surface area contributed by atoms with Crippen LogP contribution in [0, 0.1) is 0 Å². The molecule has 5 heteroatoms. The van der Waals surface area contributed by atoms with Crippen molar-refractivity contribution < 1.29 is 4.74 Å². The number of aromatic nitrogens is 1. The number of ether oxygens (including phenoxy) is 1. The Balaban J connectivity index is 1.89. The Hall–Kier alpha value is 0.108. The molecule has 2 heterocycles. The molecule has 0 aliphatic carbocycles. The van der Waals surface area contributed by atoms with Crippen LogP contribution >= 0.6 is 11.3 Å². The van der Waals surface area contributed by atoms with Gasteiger partial charge in [-0.3, -0.25) is 0 Å². The van der Waals surface area contributed by atoms with Gasteiger partial charge in [-0.1, -0.05) is 0 Å². The summed E-state index contributed by atoms with van der Waals surface area (Å²) in [5, 5.41) is 2.16. The maximum atomic E-state index is 5.29. The molecule has 1 atom stereocenters. The average molecular weight is 260 g/mol. The van der Waals surface area contributed by atoms with Crippen LogP contribution in [0.15, 0.2) is 5.38 Å². The van der Waals surface area contributed by atoms with E-state index in [-0.39, 0.29) is 0 Å². The van der Waals surface area contributed by atoms with Crippen LogP contribution in [0.2, 0.25) is 0 Å². The third kappa shape index (κ3) is 2.78. The summed E-state index contributed by atoms with van der Waals surface area (Å²) in [6.07, 6.45) is 0. The van der Waals surface area contributed by atoms with Crippen LogP contribution in [0.5, 0.6) is 0 Å². The molecule has 0 saturated carbocycles. The monoisotopic (exact) mass is 260 g/mol. The Kier molecular flexibility index (Phi) is 3.38. The predicted octanol–water partition coefficient (Wildman–Crippen LogP) is -0.766. The molecular weight excluding hydrogens is 247 g/mol. The first-order valence-electron chi connectivity index (χ1n) is 4.34. The van der Waals surface area contributed by atoms with E-state index >= 15 is 0 Å². The number of nitrogens with zero attached hydrogens (tertiary/aromatic N) is 2. The summed E-state index contributed by atoms with van der Waals surface area (Å²) in [6, 6.07) is 0. The van der Waals surface area contributed by atoms with Crippen molar-refractivity contribution in [3.63, 3.8) is 0 Å². The Bertz CT molecular complexity index is 273. The van der Waals surface area contributed by atoms with E-state index in [1.54, 1.807) is 28.2 Å². The molecule has 72 valence electrons. The first-order chi connectivity index (χ1) is 6.34. The number of morpholine rings is 1. The van der Waals surface area contributed by atoms with Gasteiger partial charge in [0.1, 0.15) is 0 Å². The Morgan fingerprint density at radius 3 is 2.92 bits per heavy atom. The topological polar surface area (TPSA) is 25.4 Å². The second-order valence-corrected chi connectivity index (χ2v) is 5.98. The van der Waals surface area contributed by atoms with E-state index in [1.165, 1.54) is 9.49 Å². The molecule has 0 radical (unpaired) electrons. The molecule has 1 aliphatic heterocycles. The van der Waals surface area contributed by atoms with Crippen molar-refractivity contribution >= 4 is 32.0 Å². The zero-order valence-corrected chi connectivity index (χ0v) is 10.6. The van der Waals surface area contributed by atoms with Crippen molar-refractivity contribution in [2.24, 2.45) is 0 Å². The molecule has 1 aromatic rings. The van der Waals surface area contributed by atoms with Gasteiger partial charge < -0.3 is 0 Å². The molecule has 2 rings (SSSR count). The average Bonchev–Trinajstić information content (AvgIpc) is 2.53. The van der Waals surface area contributed by atoms with Gasteiger partial charge in [0.15, 0.2) is 0 Å². The van der Waals surface area contributed by atoms with Gasteiger partial charge >= 0.3 is 90.5 Å². The van der Waals surface area contributed by atoms with Crippen LogP contribution in [-0.4, -0.2) is 53.0 Å². The van der Waals surface area contributed by atoms with E-state index in [4.69, 9.17) is 4.74 Å². The summed E-state index contributed by atoms with van der Waals surface area (Å²) in [7, 11) is 0. The minimum atomic E-state index is 0.868. The van der Waals surface area contributed by atoms with Crippen molar-refractivity contribution in [2.45, 2.75) is 6.54 Å². The standard InChI is InChI=1S/C8H13AsN2OS/c9-8-10-7(6-13-8)5-11-1-3-12-4-2-11/h6H,1-5,9H2. The van der Waals surface area contributed by atoms with Gasteiger partial charge in [-0.25, -0.2) is 0 Å². The molecule has 1 saturated heterocycles. The van der Waals surface area contributed by atoms with Crippen LogP contribution < -0.4 is 3.80 Å². The van der Waals surface area contributed by atoms with Gasteiger partial charge in [0.05, 0.1) is 0 Å². The first-order valence-corrected chi connectivity index (χ1v) is 6.43. The fourth-order valence-electron chi connectivity index (χ4n) is 1.38. The molecule has 0 aromatic carbocycles. The SMILES string of the molecule is [AsH2]c1nc(CN2CCOCC2)cs1. The maximum absolute atomic E-state index is 5.29. The van der Waals surface area contributed by atoms with Gasteiger partial charge in [0.2, 0.25) is 0 Å². The van der Waals surface area contributed by atoms with E-state index in [2.05, 4.69) is 15.3 Å². The summed E-state index contributed by atoms with van der Waals surface area (Å²) >= 11 is 3.36. The molecule has 0 bridgehead atoms. The predicted molar refractivity (Wildman–Crippen MR) is 56.4 cm³/mol. The third-order valence-electron chi connectivity index (χ3n) is 2.06. The first kappa shape index (κ1) is 9.66. The molecule has 0 N–H and O–H groups in total. The molecule has 1 unspecified atom stereocenters.